The molecule has 4 rings (SSSR count). The van der Waals surface area contributed by atoms with Crippen molar-refractivity contribution in [3.8, 4) is 17.2 Å². The fourth-order valence-electron chi connectivity index (χ4n) is 3.06. The molecular formula is C19H16FN3O3. The highest BCUT2D eigenvalue weighted by Crippen LogP contribution is 2.40. The Labute approximate surface area is 149 Å². The van der Waals surface area contributed by atoms with Crippen molar-refractivity contribution >= 4 is 11.7 Å². The van der Waals surface area contributed by atoms with Gasteiger partial charge in [0.2, 0.25) is 5.91 Å². The lowest BCUT2D eigenvalue weighted by Crippen LogP contribution is -2.22. The molecule has 1 amide bonds. The van der Waals surface area contributed by atoms with Crippen LogP contribution in [0.5, 0.6) is 17.2 Å². The highest BCUT2D eigenvalue weighted by Gasteiger charge is 2.29. The van der Waals surface area contributed by atoms with Gasteiger partial charge in [-0.2, -0.15) is 5.10 Å². The van der Waals surface area contributed by atoms with Crippen molar-refractivity contribution in [2.24, 2.45) is 0 Å². The van der Waals surface area contributed by atoms with Gasteiger partial charge in [0, 0.05) is 24.1 Å². The van der Waals surface area contributed by atoms with Gasteiger partial charge in [-0.25, -0.2) is 4.39 Å². The maximum Gasteiger partial charge on any atom is 0.226 e. The van der Waals surface area contributed by atoms with Crippen molar-refractivity contribution in [1.29, 1.82) is 0 Å². The predicted molar refractivity (Wildman–Crippen MR) is 93.1 cm³/mol. The highest BCUT2D eigenvalue weighted by molar-refractivity contribution is 5.94. The molecule has 132 valence electrons. The number of benzene rings is 2. The summed E-state index contributed by atoms with van der Waals surface area (Å²) in [4.78, 5) is 11.9. The number of methoxy groups -OCH3 is 1. The normalized spacial score (nSPS) is 15.9. The first-order valence-corrected chi connectivity index (χ1v) is 8.09. The zero-order chi connectivity index (χ0) is 18.1. The largest absolute Gasteiger partial charge is 0.493 e. The van der Waals surface area contributed by atoms with Crippen LogP contribution in [-0.2, 0) is 4.79 Å². The second-order valence-corrected chi connectivity index (χ2v) is 5.96. The third kappa shape index (κ3) is 2.99. The molecule has 3 aromatic rings. The van der Waals surface area contributed by atoms with E-state index in [4.69, 9.17) is 9.47 Å². The van der Waals surface area contributed by atoms with E-state index in [1.54, 1.807) is 31.5 Å². The van der Waals surface area contributed by atoms with Crippen LogP contribution >= 0.6 is 0 Å². The Morgan fingerprint density at radius 2 is 1.96 bits per heavy atom. The molecule has 0 aliphatic carbocycles. The summed E-state index contributed by atoms with van der Waals surface area (Å²) < 4.78 is 24.3. The summed E-state index contributed by atoms with van der Waals surface area (Å²) in [7, 11) is 1.55. The molecule has 2 heterocycles. The minimum atomic E-state index is -0.328. The van der Waals surface area contributed by atoms with E-state index in [0.29, 0.717) is 29.5 Å². The highest BCUT2D eigenvalue weighted by atomic mass is 19.1. The molecule has 0 saturated heterocycles. The zero-order valence-electron chi connectivity index (χ0n) is 14.0. The average molecular weight is 353 g/mol. The van der Waals surface area contributed by atoms with Crippen molar-refractivity contribution in [3.05, 3.63) is 65.6 Å². The summed E-state index contributed by atoms with van der Waals surface area (Å²) >= 11 is 0. The first-order chi connectivity index (χ1) is 12.6. The molecule has 0 bridgehead atoms. The van der Waals surface area contributed by atoms with Crippen LogP contribution in [0, 0.1) is 5.82 Å². The topological polar surface area (TPSA) is 76.2 Å². The fraction of sp³-hybridized carbons (Fsp3) is 0.158. The van der Waals surface area contributed by atoms with E-state index in [9.17, 15) is 9.18 Å². The summed E-state index contributed by atoms with van der Waals surface area (Å²) in [6, 6.07) is 11.3. The van der Waals surface area contributed by atoms with Crippen LogP contribution in [0.1, 0.15) is 23.5 Å². The summed E-state index contributed by atoms with van der Waals surface area (Å²) in [5, 5.41) is 9.60. The number of hydrogen-bond donors (Lipinski definition) is 2. The number of carbonyl (C=O) groups excluding carboxylic acids is 1. The lowest BCUT2D eigenvalue weighted by atomic mass is 9.87. The van der Waals surface area contributed by atoms with Crippen molar-refractivity contribution in [2.45, 2.75) is 12.3 Å². The Balaban J connectivity index is 1.66. The van der Waals surface area contributed by atoms with E-state index < -0.39 is 0 Å². The van der Waals surface area contributed by atoms with Gasteiger partial charge in [0.25, 0.3) is 0 Å². The van der Waals surface area contributed by atoms with Gasteiger partial charge in [-0.15, -0.1) is 0 Å². The molecule has 2 aromatic carbocycles. The summed E-state index contributed by atoms with van der Waals surface area (Å²) in [5.74, 6) is 1.57. The van der Waals surface area contributed by atoms with Gasteiger partial charge in [0.05, 0.1) is 7.11 Å². The Hall–Kier alpha value is -3.35. The molecule has 1 unspecified atom stereocenters. The van der Waals surface area contributed by atoms with Crippen LogP contribution in [0.3, 0.4) is 0 Å². The van der Waals surface area contributed by atoms with Gasteiger partial charge >= 0.3 is 0 Å². The number of anilines is 1. The fourth-order valence-corrected chi connectivity index (χ4v) is 3.06. The van der Waals surface area contributed by atoms with E-state index >= 15 is 0 Å². The number of nitrogens with zero attached hydrogens (tertiary/aromatic N) is 1. The Bertz CT molecular complexity index is 953. The first kappa shape index (κ1) is 16.1. The number of hydrogen-bond acceptors (Lipinski definition) is 4. The molecule has 26 heavy (non-hydrogen) atoms. The number of aromatic amines is 1. The molecule has 1 aromatic heterocycles. The monoisotopic (exact) mass is 353 g/mol. The minimum absolute atomic E-state index is 0.0831. The smallest absolute Gasteiger partial charge is 0.226 e. The molecule has 1 atom stereocenters. The van der Waals surface area contributed by atoms with Crippen molar-refractivity contribution < 1.29 is 18.7 Å². The number of carbonyl (C=O) groups is 1. The summed E-state index contributed by atoms with van der Waals surface area (Å²) in [5.41, 5.74) is 1.85. The maximum absolute atomic E-state index is 13.0. The Morgan fingerprint density at radius 3 is 2.73 bits per heavy atom. The standard InChI is InChI=1S/C19H16FN3O3/c1-25-17-8-11(14-9-18(24)22-19-15(14)10-21-23-19)2-7-16(17)26-13-5-3-12(20)4-6-13/h2-8,10,14H,9H2,1H3,(H2,21,22,23,24). The molecule has 0 radical (unpaired) electrons. The van der Waals surface area contributed by atoms with Crippen LogP contribution in [0.25, 0.3) is 0 Å². The molecule has 6 nitrogen and oxygen atoms in total. The van der Waals surface area contributed by atoms with E-state index in [1.807, 2.05) is 12.1 Å². The first-order valence-electron chi connectivity index (χ1n) is 8.09. The molecular weight excluding hydrogens is 337 g/mol. The van der Waals surface area contributed by atoms with Crippen LogP contribution in [0.15, 0.2) is 48.7 Å². The van der Waals surface area contributed by atoms with E-state index in [2.05, 4.69) is 15.5 Å². The van der Waals surface area contributed by atoms with Gasteiger partial charge in [-0.3, -0.25) is 9.89 Å². The van der Waals surface area contributed by atoms with Gasteiger partial charge < -0.3 is 14.8 Å². The van der Waals surface area contributed by atoms with Crippen molar-refractivity contribution in [2.75, 3.05) is 12.4 Å². The molecule has 1 aliphatic rings. The van der Waals surface area contributed by atoms with Crippen molar-refractivity contribution in [1.82, 2.24) is 10.2 Å². The Kier molecular flexibility index (Phi) is 4.04. The van der Waals surface area contributed by atoms with Crippen molar-refractivity contribution in [3.63, 3.8) is 0 Å². The second kappa shape index (κ2) is 6.51. The van der Waals surface area contributed by atoms with Crippen LogP contribution in [0.2, 0.25) is 0 Å². The maximum atomic E-state index is 13.0. The number of ether oxygens (including phenoxy) is 2. The summed E-state index contributed by atoms with van der Waals surface area (Å²) in [6.45, 7) is 0. The second-order valence-electron chi connectivity index (χ2n) is 5.96. The molecule has 2 N–H and O–H groups in total. The molecule has 1 aliphatic heterocycles. The number of amides is 1. The number of H-pyrrole nitrogens is 1. The van der Waals surface area contributed by atoms with E-state index in [0.717, 1.165) is 11.1 Å². The van der Waals surface area contributed by atoms with Gasteiger partial charge in [0.15, 0.2) is 17.3 Å². The third-order valence-electron chi connectivity index (χ3n) is 4.32. The predicted octanol–water partition coefficient (Wildman–Crippen LogP) is 3.82. The number of aromatic nitrogens is 2. The summed E-state index contributed by atoms with van der Waals surface area (Å²) in [6.07, 6.45) is 2.11. The van der Waals surface area contributed by atoms with Gasteiger partial charge in [0.1, 0.15) is 11.6 Å². The molecule has 7 heteroatoms. The number of halogens is 1. The molecule has 0 fully saturated rings. The Morgan fingerprint density at radius 1 is 1.15 bits per heavy atom. The lowest BCUT2D eigenvalue weighted by molar-refractivity contribution is -0.116. The van der Waals surface area contributed by atoms with Crippen LogP contribution in [0.4, 0.5) is 10.2 Å². The number of rotatable bonds is 4. The minimum Gasteiger partial charge on any atom is -0.493 e. The zero-order valence-corrected chi connectivity index (χ0v) is 14.0. The van der Waals surface area contributed by atoms with E-state index in [-0.39, 0.29) is 17.6 Å². The van der Waals surface area contributed by atoms with Gasteiger partial charge in [-0.05, 0) is 42.0 Å². The quantitative estimate of drug-likeness (QED) is 0.747. The SMILES string of the molecule is COc1cc(C2CC(=O)Nc3n[nH]cc32)ccc1Oc1ccc(F)cc1. The van der Waals surface area contributed by atoms with E-state index in [1.165, 1.54) is 12.1 Å². The molecule has 0 spiro atoms. The molecule has 0 saturated carbocycles. The van der Waals surface area contributed by atoms with Gasteiger partial charge in [-0.1, -0.05) is 6.07 Å². The number of fused-ring (bicyclic) bond motifs is 1. The third-order valence-corrected chi connectivity index (χ3v) is 4.32. The van der Waals surface area contributed by atoms with Crippen LogP contribution < -0.4 is 14.8 Å². The lowest BCUT2D eigenvalue weighted by Gasteiger charge is -2.22. The number of nitrogens with one attached hydrogen (secondary N) is 2. The van der Waals surface area contributed by atoms with Crippen LogP contribution in [-0.4, -0.2) is 23.2 Å². The average Bonchev–Trinajstić information content (AvgIpc) is 3.11.